The number of ether oxygens (including phenoxy) is 1. The van der Waals surface area contributed by atoms with Crippen molar-refractivity contribution in [3.8, 4) is 11.5 Å². The molecule has 0 aliphatic carbocycles. The van der Waals surface area contributed by atoms with Crippen LogP contribution in [0.3, 0.4) is 0 Å². The number of hydrogen-bond donors (Lipinski definition) is 3. The van der Waals surface area contributed by atoms with Crippen molar-refractivity contribution in [2.75, 3.05) is 17.7 Å². The zero-order valence-electron chi connectivity index (χ0n) is 20.7. The highest BCUT2D eigenvalue weighted by molar-refractivity contribution is 6.16. The van der Waals surface area contributed by atoms with E-state index in [9.17, 15) is 9.90 Å². The number of para-hydroxylation sites is 2. The molecule has 1 amide bonds. The molecule has 5 rings (SSSR count). The molecule has 0 radical (unpaired) electrons. The van der Waals surface area contributed by atoms with Gasteiger partial charge in [0.15, 0.2) is 17.1 Å². The predicted molar refractivity (Wildman–Crippen MR) is 146 cm³/mol. The second-order valence-corrected chi connectivity index (χ2v) is 8.61. The number of phenolic OH excluding ortho intramolecular Hbond substituents is 1. The van der Waals surface area contributed by atoms with Gasteiger partial charge in [-0.05, 0) is 79.9 Å². The largest absolute Gasteiger partial charge is 0.504 e. The van der Waals surface area contributed by atoms with E-state index in [-0.39, 0.29) is 17.1 Å². The topological polar surface area (TPSA) is 128 Å². The number of fused-ring (bicyclic) bond motifs is 2. The number of benzene rings is 3. The fourth-order valence-corrected chi connectivity index (χ4v) is 4.01. The van der Waals surface area contributed by atoms with Gasteiger partial charge >= 0.3 is 0 Å². The molecule has 2 heterocycles. The minimum atomic E-state index is -0.410. The molecule has 5 aromatic rings. The molecule has 0 unspecified atom stereocenters. The summed E-state index contributed by atoms with van der Waals surface area (Å²) in [4.78, 5) is 22.9. The van der Waals surface area contributed by atoms with Gasteiger partial charge in [-0.2, -0.15) is 9.78 Å². The average Bonchev–Trinajstić information content (AvgIpc) is 3.15. The first-order valence-corrected chi connectivity index (χ1v) is 11.8. The summed E-state index contributed by atoms with van der Waals surface area (Å²) in [5.41, 5.74) is 12.2. The normalized spacial score (nSPS) is 11.4. The number of aryl methyl sites for hydroxylation is 2. The van der Waals surface area contributed by atoms with E-state index in [0.717, 1.165) is 11.1 Å². The number of nitrogens with two attached hydrogens (primary N) is 1. The van der Waals surface area contributed by atoms with E-state index >= 15 is 0 Å². The number of carbonyl (C=O) groups excluding carboxylic acids is 1. The maximum Gasteiger partial charge on any atom is 0.261 e. The number of nitrogen functional groups attached to an aromatic ring is 1. The third kappa shape index (κ3) is 4.54. The van der Waals surface area contributed by atoms with Crippen molar-refractivity contribution < 1.29 is 14.6 Å². The van der Waals surface area contributed by atoms with Crippen molar-refractivity contribution in [1.82, 2.24) is 14.6 Å². The molecule has 2 aromatic heterocycles. The Morgan fingerprint density at radius 3 is 2.57 bits per heavy atom. The van der Waals surface area contributed by atoms with E-state index in [1.807, 2.05) is 63.2 Å². The fourth-order valence-electron chi connectivity index (χ4n) is 4.01. The Morgan fingerprint density at radius 1 is 1.08 bits per heavy atom. The van der Waals surface area contributed by atoms with Crippen molar-refractivity contribution in [2.24, 2.45) is 5.10 Å². The highest BCUT2D eigenvalue weighted by Gasteiger charge is 2.24. The summed E-state index contributed by atoms with van der Waals surface area (Å²) in [5, 5.41) is 17.4. The lowest BCUT2D eigenvalue weighted by molar-refractivity contribution is 0.102. The van der Waals surface area contributed by atoms with Gasteiger partial charge < -0.3 is 20.9 Å². The first kappa shape index (κ1) is 23.8. The summed E-state index contributed by atoms with van der Waals surface area (Å²) in [7, 11) is 0. The Kier molecular flexibility index (Phi) is 6.19. The highest BCUT2D eigenvalue weighted by atomic mass is 16.5. The van der Waals surface area contributed by atoms with E-state index in [4.69, 9.17) is 20.4 Å². The average molecular weight is 495 g/mol. The Morgan fingerprint density at radius 2 is 1.84 bits per heavy atom. The Balaban J connectivity index is 1.62. The lowest BCUT2D eigenvalue weighted by Crippen LogP contribution is -2.14. The zero-order chi connectivity index (χ0) is 26.1. The first-order valence-electron chi connectivity index (χ1n) is 11.8. The van der Waals surface area contributed by atoms with E-state index < -0.39 is 5.91 Å². The molecule has 0 aliphatic heterocycles. The van der Waals surface area contributed by atoms with Crippen molar-refractivity contribution in [1.29, 1.82) is 0 Å². The maximum absolute atomic E-state index is 13.5. The van der Waals surface area contributed by atoms with Gasteiger partial charge in [0.05, 0.1) is 23.9 Å². The lowest BCUT2D eigenvalue weighted by Gasteiger charge is -2.08. The van der Waals surface area contributed by atoms with Gasteiger partial charge in [-0.3, -0.25) is 4.79 Å². The van der Waals surface area contributed by atoms with Crippen LogP contribution in [0.15, 0.2) is 65.8 Å². The predicted octanol–water partition coefficient (Wildman–Crippen LogP) is 5.02. The molecule has 9 nitrogen and oxygen atoms in total. The van der Waals surface area contributed by atoms with Crippen LogP contribution < -0.4 is 15.8 Å². The number of hydrogen-bond acceptors (Lipinski definition) is 7. The van der Waals surface area contributed by atoms with Gasteiger partial charge in [-0.15, -0.1) is 0 Å². The molecule has 4 N–H and O–H groups in total. The van der Waals surface area contributed by atoms with Gasteiger partial charge in [0.25, 0.3) is 5.91 Å². The minimum absolute atomic E-state index is 0.0348. The van der Waals surface area contributed by atoms with Crippen LogP contribution in [0.1, 0.15) is 34.0 Å². The van der Waals surface area contributed by atoms with Crippen molar-refractivity contribution in [2.45, 2.75) is 20.8 Å². The van der Waals surface area contributed by atoms with Crippen LogP contribution in [0.2, 0.25) is 0 Å². The number of anilines is 2. The Labute approximate surface area is 213 Å². The van der Waals surface area contributed by atoms with E-state index in [1.54, 1.807) is 18.3 Å². The van der Waals surface area contributed by atoms with Crippen molar-refractivity contribution in [3.63, 3.8) is 0 Å². The number of carbonyl (C=O) groups is 1. The summed E-state index contributed by atoms with van der Waals surface area (Å²) in [5.74, 6) is 0.0721. The first-order chi connectivity index (χ1) is 17.9. The number of amides is 1. The maximum atomic E-state index is 13.5. The van der Waals surface area contributed by atoms with Crippen molar-refractivity contribution >= 4 is 45.8 Å². The number of phenols is 1. The Hall–Kier alpha value is -4.92. The van der Waals surface area contributed by atoms with Gasteiger partial charge in [-0.1, -0.05) is 18.2 Å². The number of nitrogens with one attached hydrogen (secondary N) is 1. The summed E-state index contributed by atoms with van der Waals surface area (Å²) in [6.07, 6.45) is 1.56. The smallest absolute Gasteiger partial charge is 0.261 e. The zero-order valence-corrected chi connectivity index (χ0v) is 20.7. The third-order valence-electron chi connectivity index (χ3n) is 6.07. The highest BCUT2D eigenvalue weighted by Crippen LogP contribution is 2.30. The molecule has 9 heteroatoms. The monoisotopic (exact) mass is 494 g/mol. The number of aromatic nitrogens is 3. The summed E-state index contributed by atoms with van der Waals surface area (Å²) < 4.78 is 6.86. The van der Waals surface area contributed by atoms with Gasteiger partial charge in [-0.25, -0.2) is 9.97 Å². The summed E-state index contributed by atoms with van der Waals surface area (Å²) >= 11 is 0. The van der Waals surface area contributed by atoms with Crippen LogP contribution in [-0.2, 0) is 0 Å². The second-order valence-electron chi connectivity index (χ2n) is 8.61. The lowest BCUT2D eigenvalue weighted by atomic mass is 10.1. The van der Waals surface area contributed by atoms with E-state index in [0.29, 0.717) is 45.8 Å². The number of rotatable bonds is 6. The van der Waals surface area contributed by atoms with Crippen LogP contribution >= 0.6 is 0 Å². The van der Waals surface area contributed by atoms with Crippen LogP contribution in [0.4, 0.5) is 11.5 Å². The molecule has 0 spiro atoms. The molecule has 0 bridgehead atoms. The molecule has 0 atom stereocenters. The molecule has 3 aromatic carbocycles. The van der Waals surface area contributed by atoms with Crippen molar-refractivity contribution in [3.05, 3.63) is 82.9 Å². The molecule has 37 heavy (non-hydrogen) atoms. The van der Waals surface area contributed by atoms with Gasteiger partial charge in [0.1, 0.15) is 16.9 Å². The summed E-state index contributed by atoms with van der Waals surface area (Å²) in [6.45, 7) is 6.24. The number of nitrogens with zero attached hydrogens (tertiary/aromatic N) is 4. The number of aromatic hydroxyl groups is 1. The summed E-state index contributed by atoms with van der Waals surface area (Å²) in [6, 6.07) is 18.0. The molecule has 186 valence electrons. The molecular formula is C28H26N6O3. The van der Waals surface area contributed by atoms with Crippen LogP contribution in [-0.4, -0.2) is 38.5 Å². The van der Waals surface area contributed by atoms with E-state index in [1.165, 1.54) is 10.7 Å². The van der Waals surface area contributed by atoms with Gasteiger partial charge in [0, 0.05) is 5.69 Å². The standard InChI is InChI=1S/C28H26N6O3/c1-4-37-23-14-18(10-12-22(23)35)15-30-34-26(29)24(28(36)31-19-11-9-16(2)17(3)13-19)25-27(34)33-21-8-6-5-7-20(21)32-25/h5-15,35H,4,29H2,1-3H3,(H,31,36)/b30-15+. The van der Waals surface area contributed by atoms with Gasteiger partial charge in [0.2, 0.25) is 0 Å². The molecule has 0 aliphatic rings. The quantitative estimate of drug-likeness (QED) is 0.284. The minimum Gasteiger partial charge on any atom is -0.504 e. The SMILES string of the molecule is CCOc1cc(/C=N/n2c(N)c(C(=O)Nc3ccc(C)c(C)c3)c3nc4ccccc4nc32)ccc1O. The fraction of sp³-hybridized carbons (Fsp3) is 0.143. The Bertz CT molecular complexity index is 1690. The third-order valence-corrected chi connectivity index (χ3v) is 6.07. The van der Waals surface area contributed by atoms with Crippen LogP contribution in [0.25, 0.3) is 22.2 Å². The van der Waals surface area contributed by atoms with Crippen LogP contribution in [0.5, 0.6) is 11.5 Å². The van der Waals surface area contributed by atoms with E-state index in [2.05, 4.69) is 10.4 Å². The second kappa shape index (κ2) is 9.62. The molecule has 0 fully saturated rings. The molecule has 0 saturated carbocycles. The molecular weight excluding hydrogens is 468 g/mol. The molecule has 0 saturated heterocycles. The van der Waals surface area contributed by atoms with Crippen LogP contribution in [0, 0.1) is 13.8 Å².